The molecule has 0 bridgehead atoms. The van der Waals surface area contributed by atoms with E-state index in [0.717, 1.165) is 18.9 Å². The highest BCUT2D eigenvalue weighted by atomic mass is 19.3. The van der Waals surface area contributed by atoms with Crippen LogP contribution in [-0.2, 0) is 11.3 Å². The molecule has 2 aromatic rings. The van der Waals surface area contributed by atoms with Crippen molar-refractivity contribution in [1.82, 2.24) is 15.3 Å². The molecule has 2 N–H and O–H groups in total. The first-order chi connectivity index (χ1) is 13.7. The van der Waals surface area contributed by atoms with Crippen molar-refractivity contribution in [2.75, 3.05) is 11.9 Å². The molecule has 0 saturated heterocycles. The molecule has 2 heterocycles. The Morgan fingerprint density at radius 3 is 2.69 bits per heavy atom. The number of amides is 2. The maximum atomic E-state index is 13.9. The molecule has 29 heavy (non-hydrogen) atoms. The van der Waals surface area contributed by atoms with Crippen molar-refractivity contribution in [3.63, 3.8) is 0 Å². The third-order valence-electron chi connectivity index (χ3n) is 4.00. The fourth-order valence-corrected chi connectivity index (χ4v) is 2.36. The Morgan fingerprint density at radius 1 is 1.28 bits per heavy atom. The van der Waals surface area contributed by atoms with Crippen molar-refractivity contribution in [3.8, 4) is 5.88 Å². The van der Waals surface area contributed by atoms with Crippen LogP contribution < -0.4 is 15.4 Å². The monoisotopic (exact) mass is 408 g/mol. The molecule has 0 unspecified atom stereocenters. The standard InChI is InChI=1S/C19H19F3N4O3/c1-19(21,22)10-29-18-14(20)6-11(9-25-18)8-24-16(27)13-4-5-23-15(7-13)26-17(28)12-2-3-12/h4-7,9,12H,2-3,8,10H2,1H3,(H,24,27)(H,23,26,28). The molecule has 0 radical (unpaired) electrons. The molecule has 2 amide bonds. The number of ether oxygens (including phenoxy) is 1. The van der Waals surface area contributed by atoms with Gasteiger partial charge in [-0.2, -0.15) is 0 Å². The van der Waals surface area contributed by atoms with Crippen LogP contribution in [0.3, 0.4) is 0 Å². The first kappa shape index (κ1) is 20.6. The molecule has 10 heteroatoms. The topological polar surface area (TPSA) is 93.2 Å². The van der Waals surface area contributed by atoms with E-state index in [9.17, 15) is 22.8 Å². The van der Waals surface area contributed by atoms with Crippen LogP contribution in [0.4, 0.5) is 19.0 Å². The fourth-order valence-electron chi connectivity index (χ4n) is 2.36. The molecule has 3 rings (SSSR count). The fraction of sp³-hybridized carbons (Fsp3) is 0.368. The van der Waals surface area contributed by atoms with Gasteiger partial charge in [0.2, 0.25) is 5.91 Å². The predicted molar refractivity (Wildman–Crippen MR) is 97.1 cm³/mol. The molecule has 0 atom stereocenters. The summed E-state index contributed by atoms with van der Waals surface area (Å²) >= 11 is 0. The largest absolute Gasteiger partial charge is 0.469 e. The number of hydrogen-bond acceptors (Lipinski definition) is 5. The van der Waals surface area contributed by atoms with E-state index in [1.807, 2.05) is 0 Å². The average Bonchev–Trinajstić information content (AvgIpc) is 3.50. The Bertz CT molecular complexity index is 914. The number of aromatic nitrogens is 2. The second-order valence-electron chi connectivity index (χ2n) is 6.87. The molecular formula is C19H19F3N4O3. The van der Waals surface area contributed by atoms with Crippen molar-refractivity contribution in [2.45, 2.75) is 32.2 Å². The van der Waals surface area contributed by atoms with E-state index in [2.05, 4.69) is 25.3 Å². The number of rotatable bonds is 8. The summed E-state index contributed by atoms with van der Waals surface area (Å²) < 4.78 is 44.1. The van der Waals surface area contributed by atoms with Crippen LogP contribution in [0.5, 0.6) is 5.88 Å². The minimum Gasteiger partial charge on any atom is -0.469 e. The van der Waals surface area contributed by atoms with E-state index in [1.165, 1.54) is 24.5 Å². The van der Waals surface area contributed by atoms with Crippen LogP contribution >= 0.6 is 0 Å². The van der Waals surface area contributed by atoms with Crippen LogP contribution in [0.25, 0.3) is 0 Å². The number of nitrogens with zero attached hydrogens (tertiary/aromatic N) is 2. The highest BCUT2D eigenvalue weighted by Crippen LogP contribution is 2.30. The van der Waals surface area contributed by atoms with E-state index in [1.54, 1.807) is 0 Å². The number of anilines is 1. The van der Waals surface area contributed by atoms with Gasteiger partial charge >= 0.3 is 0 Å². The molecular weight excluding hydrogens is 389 g/mol. The van der Waals surface area contributed by atoms with E-state index >= 15 is 0 Å². The van der Waals surface area contributed by atoms with Crippen molar-refractivity contribution in [3.05, 3.63) is 47.5 Å². The summed E-state index contributed by atoms with van der Waals surface area (Å²) in [5.41, 5.74) is 0.590. The second-order valence-corrected chi connectivity index (χ2v) is 6.87. The smallest absolute Gasteiger partial charge is 0.278 e. The molecule has 1 aliphatic rings. The summed E-state index contributed by atoms with van der Waals surface area (Å²) in [6.45, 7) is -0.385. The quantitative estimate of drug-likeness (QED) is 0.701. The summed E-state index contributed by atoms with van der Waals surface area (Å²) in [7, 11) is 0. The van der Waals surface area contributed by atoms with Gasteiger partial charge in [0.1, 0.15) is 5.82 Å². The van der Waals surface area contributed by atoms with Crippen LogP contribution in [0.15, 0.2) is 30.6 Å². The third kappa shape index (κ3) is 6.16. The summed E-state index contributed by atoms with van der Waals surface area (Å²) in [5.74, 6) is -4.85. The Morgan fingerprint density at radius 2 is 2.03 bits per heavy atom. The normalized spacial score (nSPS) is 13.7. The molecule has 2 aromatic heterocycles. The first-order valence-corrected chi connectivity index (χ1v) is 8.91. The van der Waals surface area contributed by atoms with Gasteiger partial charge in [0.15, 0.2) is 12.4 Å². The van der Waals surface area contributed by atoms with Crippen molar-refractivity contribution in [2.24, 2.45) is 5.92 Å². The van der Waals surface area contributed by atoms with Crippen LogP contribution in [0.1, 0.15) is 35.7 Å². The highest BCUT2D eigenvalue weighted by molar-refractivity contribution is 5.97. The van der Waals surface area contributed by atoms with Gasteiger partial charge in [0, 0.05) is 37.3 Å². The number of halogens is 3. The average molecular weight is 408 g/mol. The molecule has 1 fully saturated rings. The van der Waals surface area contributed by atoms with Gasteiger partial charge in [-0.05, 0) is 36.6 Å². The van der Waals surface area contributed by atoms with Gasteiger partial charge in [-0.15, -0.1) is 0 Å². The zero-order valence-corrected chi connectivity index (χ0v) is 15.5. The third-order valence-corrected chi connectivity index (χ3v) is 4.00. The number of pyridine rings is 2. The zero-order valence-electron chi connectivity index (χ0n) is 15.5. The lowest BCUT2D eigenvalue weighted by Crippen LogP contribution is -2.24. The van der Waals surface area contributed by atoms with Gasteiger partial charge in [0.05, 0.1) is 0 Å². The zero-order chi connectivity index (χ0) is 21.0. The summed E-state index contributed by atoms with van der Waals surface area (Å²) in [5, 5.41) is 5.24. The van der Waals surface area contributed by atoms with E-state index in [4.69, 9.17) is 0 Å². The van der Waals surface area contributed by atoms with Crippen LogP contribution in [0.2, 0.25) is 0 Å². The van der Waals surface area contributed by atoms with Crippen LogP contribution in [0, 0.1) is 11.7 Å². The Labute approximate surface area is 164 Å². The summed E-state index contributed by atoms with van der Waals surface area (Å²) in [6.07, 6.45) is 4.32. The Hall–Kier alpha value is -3.17. The minimum atomic E-state index is -3.11. The SMILES string of the molecule is CC(F)(F)COc1ncc(CNC(=O)c2ccnc(NC(=O)C3CC3)c2)cc1F. The van der Waals surface area contributed by atoms with Gasteiger partial charge < -0.3 is 15.4 Å². The van der Waals surface area contributed by atoms with Gasteiger partial charge in [-0.1, -0.05) is 0 Å². The second kappa shape index (κ2) is 8.46. The number of alkyl halides is 2. The summed E-state index contributed by atoms with van der Waals surface area (Å²) in [6, 6.07) is 3.96. The van der Waals surface area contributed by atoms with Gasteiger partial charge in [-0.3, -0.25) is 9.59 Å². The lowest BCUT2D eigenvalue weighted by atomic mass is 10.2. The van der Waals surface area contributed by atoms with E-state index in [0.29, 0.717) is 12.5 Å². The molecule has 7 nitrogen and oxygen atoms in total. The molecule has 154 valence electrons. The number of hydrogen-bond donors (Lipinski definition) is 2. The lowest BCUT2D eigenvalue weighted by molar-refractivity contribution is -0.117. The van der Waals surface area contributed by atoms with Gasteiger partial charge in [0.25, 0.3) is 17.7 Å². The van der Waals surface area contributed by atoms with Gasteiger partial charge in [-0.25, -0.2) is 23.1 Å². The highest BCUT2D eigenvalue weighted by Gasteiger charge is 2.29. The number of carbonyl (C=O) groups excluding carboxylic acids is 2. The Balaban J connectivity index is 1.56. The number of carbonyl (C=O) groups is 2. The maximum absolute atomic E-state index is 13.9. The predicted octanol–water partition coefficient (Wildman–Crippen LogP) is 2.93. The number of nitrogens with one attached hydrogen (secondary N) is 2. The van der Waals surface area contributed by atoms with Crippen molar-refractivity contribution in [1.29, 1.82) is 0 Å². The summed E-state index contributed by atoms with van der Waals surface area (Å²) in [4.78, 5) is 31.7. The van der Waals surface area contributed by atoms with E-state index in [-0.39, 0.29) is 29.8 Å². The van der Waals surface area contributed by atoms with E-state index < -0.39 is 30.1 Å². The lowest BCUT2D eigenvalue weighted by Gasteiger charge is -2.12. The molecule has 1 aliphatic carbocycles. The molecule has 1 saturated carbocycles. The molecule has 0 aromatic carbocycles. The first-order valence-electron chi connectivity index (χ1n) is 8.91. The minimum absolute atomic E-state index is 0.00665. The Kier molecular flexibility index (Phi) is 6.00. The molecule has 0 aliphatic heterocycles. The van der Waals surface area contributed by atoms with Crippen molar-refractivity contribution >= 4 is 17.6 Å². The van der Waals surface area contributed by atoms with Crippen LogP contribution in [-0.4, -0.2) is 34.3 Å². The maximum Gasteiger partial charge on any atom is 0.278 e. The van der Waals surface area contributed by atoms with Crippen molar-refractivity contribution < 1.29 is 27.5 Å². The molecule has 0 spiro atoms.